The molecule has 0 radical (unpaired) electrons. The van der Waals surface area contributed by atoms with Crippen LogP contribution in [0.2, 0.25) is 0 Å². The van der Waals surface area contributed by atoms with Crippen molar-refractivity contribution in [3.63, 3.8) is 0 Å². The second-order valence-corrected chi connectivity index (χ2v) is 6.52. The van der Waals surface area contributed by atoms with Crippen LogP contribution in [0.25, 0.3) is 0 Å². The first-order valence-corrected chi connectivity index (χ1v) is 10.4. The lowest BCUT2D eigenvalue weighted by Crippen LogP contribution is -2.15. The molecule has 0 bridgehead atoms. The maximum atomic E-state index is 5.54. The van der Waals surface area contributed by atoms with E-state index in [1.807, 2.05) is 44.2 Å². The maximum absolute atomic E-state index is 5.54. The third-order valence-corrected chi connectivity index (χ3v) is 3.65. The molecule has 0 fully saturated rings. The Morgan fingerprint density at radius 1 is 0.517 bits per heavy atom. The fraction of sp³-hybridized carbons (Fsp3) is 0.727. The Balaban J connectivity index is 1.67. The molecule has 0 aromatic heterocycles. The van der Waals surface area contributed by atoms with E-state index in [1.165, 1.54) is 5.56 Å². The molecule has 0 aliphatic rings. The minimum atomic E-state index is 0.244. The highest BCUT2D eigenvalue weighted by Gasteiger charge is 1.96. The van der Waals surface area contributed by atoms with Crippen molar-refractivity contribution in [3.8, 4) is 0 Å². The van der Waals surface area contributed by atoms with Gasteiger partial charge < -0.3 is 33.2 Å². The van der Waals surface area contributed by atoms with E-state index in [-0.39, 0.29) is 6.10 Å². The first kappa shape index (κ1) is 26.0. The average molecular weight is 415 g/mol. The molecule has 0 unspecified atom stereocenters. The minimum absolute atomic E-state index is 0.244. The van der Waals surface area contributed by atoms with Gasteiger partial charge in [0, 0.05) is 0 Å². The molecule has 1 aromatic carbocycles. The summed E-state index contributed by atoms with van der Waals surface area (Å²) in [6.07, 6.45) is 0.244. The van der Waals surface area contributed by atoms with Gasteiger partial charge >= 0.3 is 0 Å². The van der Waals surface area contributed by atoms with Crippen molar-refractivity contribution >= 4 is 0 Å². The largest absolute Gasteiger partial charge is 0.377 e. The van der Waals surface area contributed by atoms with Crippen LogP contribution in [0.1, 0.15) is 19.4 Å². The summed E-state index contributed by atoms with van der Waals surface area (Å²) in [5.74, 6) is 0. The minimum Gasteiger partial charge on any atom is -0.377 e. The standard InChI is InChI=1S/C22H38O7/c1-21(2)29-19-18-27-15-14-25-11-10-23-8-9-24-12-13-26-16-17-28-20-22-6-4-3-5-7-22/h3-7,21H,8-20H2,1-2H3. The van der Waals surface area contributed by atoms with Gasteiger partial charge in [0.05, 0.1) is 92.0 Å². The van der Waals surface area contributed by atoms with Crippen molar-refractivity contribution in [1.82, 2.24) is 0 Å². The average Bonchev–Trinajstić information content (AvgIpc) is 2.73. The monoisotopic (exact) mass is 414 g/mol. The number of benzene rings is 1. The highest BCUT2D eigenvalue weighted by Crippen LogP contribution is 1.99. The summed E-state index contributed by atoms with van der Waals surface area (Å²) in [7, 11) is 0. The van der Waals surface area contributed by atoms with E-state index in [0.717, 1.165) is 0 Å². The number of hydrogen-bond donors (Lipinski definition) is 0. The van der Waals surface area contributed by atoms with Crippen LogP contribution in [0.5, 0.6) is 0 Å². The van der Waals surface area contributed by atoms with Crippen molar-refractivity contribution in [1.29, 1.82) is 0 Å². The zero-order valence-electron chi connectivity index (χ0n) is 18.0. The van der Waals surface area contributed by atoms with Crippen molar-refractivity contribution in [2.75, 3.05) is 79.3 Å². The predicted octanol–water partition coefficient (Wildman–Crippen LogP) is 2.71. The molecule has 0 atom stereocenters. The predicted molar refractivity (Wildman–Crippen MR) is 111 cm³/mol. The Bertz CT molecular complexity index is 442. The lowest BCUT2D eigenvalue weighted by atomic mass is 10.2. The van der Waals surface area contributed by atoms with E-state index in [2.05, 4.69) is 0 Å². The molecule has 0 heterocycles. The summed E-state index contributed by atoms with van der Waals surface area (Å²) in [5, 5.41) is 0. The van der Waals surface area contributed by atoms with Gasteiger partial charge in [-0.2, -0.15) is 0 Å². The molecular weight excluding hydrogens is 376 g/mol. The zero-order valence-corrected chi connectivity index (χ0v) is 18.0. The van der Waals surface area contributed by atoms with E-state index in [9.17, 15) is 0 Å². The van der Waals surface area contributed by atoms with E-state index >= 15 is 0 Å². The Labute approximate surface area is 175 Å². The molecule has 0 saturated carbocycles. The van der Waals surface area contributed by atoms with Crippen LogP contribution >= 0.6 is 0 Å². The Hall–Kier alpha value is -1.06. The van der Waals surface area contributed by atoms with Crippen LogP contribution in [-0.4, -0.2) is 85.4 Å². The molecule has 7 nitrogen and oxygen atoms in total. The Morgan fingerprint density at radius 3 is 1.31 bits per heavy atom. The topological polar surface area (TPSA) is 64.6 Å². The van der Waals surface area contributed by atoms with Crippen LogP contribution in [0.4, 0.5) is 0 Å². The SMILES string of the molecule is CC(C)OCCOCCOCCOCCOCCOCCOCc1ccccc1. The normalized spacial score (nSPS) is 11.4. The highest BCUT2D eigenvalue weighted by atomic mass is 16.6. The second-order valence-electron chi connectivity index (χ2n) is 6.52. The Kier molecular flexibility index (Phi) is 18.1. The summed E-state index contributed by atoms with van der Waals surface area (Å²) in [6.45, 7) is 11.4. The van der Waals surface area contributed by atoms with E-state index in [0.29, 0.717) is 85.9 Å². The summed E-state index contributed by atoms with van der Waals surface area (Å²) in [4.78, 5) is 0. The van der Waals surface area contributed by atoms with Crippen LogP contribution in [0.3, 0.4) is 0 Å². The van der Waals surface area contributed by atoms with Gasteiger partial charge in [0.1, 0.15) is 0 Å². The van der Waals surface area contributed by atoms with Crippen molar-refractivity contribution in [2.45, 2.75) is 26.6 Å². The lowest BCUT2D eigenvalue weighted by Gasteiger charge is -2.09. The summed E-state index contributed by atoms with van der Waals surface area (Å²) in [5.41, 5.74) is 1.17. The highest BCUT2D eigenvalue weighted by molar-refractivity contribution is 5.13. The first-order chi connectivity index (χ1) is 14.3. The lowest BCUT2D eigenvalue weighted by molar-refractivity contribution is -0.0242. The third kappa shape index (κ3) is 18.7. The molecule has 168 valence electrons. The molecular formula is C22H38O7. The van der Waals surface area contributed by atoms with Gasteiger partial charge in [0.25, 0.3) is 0 Å². The fourth-order valence-electron chi connectivity index (χ4n) is 2.21. The number of hydrogen-bond acceptors (Lipinski definition) is 7. The molecule has 1 rings (SSSR count). The van der Waals surface area contributed by atoms with Crippen LogP contribution in [0.15, 0.2) is 30.3 Å². The van der Waals surface area contributed by atoms with Gasteiger partial charge in [-0.3, -0.25) is 0 Å². The van der Waals surface area contributed by atoms with Gasteiger partial charge in [-0.15, -0.1) is 0 Å². The van der Waals surface area contributed by atoms with Crippen molar-refractivity contribution in [3.05, 3.63) is 35.9 Å². The summed E-state index contributed by atoms with van der Waals surface area (Å²) >= 11 is 0. The smallest absolute Gasteiger partial charge is 0.0718 e. The van der Waals surface area contributed by atoms with E-state index in [1.54, 1.807) is 0 Å². The first-order valence-electron chi connectivity index (χ1n) is 10.4. The maximum Gasteiger partial charge on any atom is 0.0718 e. The van der Waals surface area contributed by atoms with Gasteiger partial charge in [-0.1, -0.05) is 30.3 Å². The molecule has 0 aliphatic carbocycles. The number of rotatable bonds is 21. The van der Waals surface area contributed by atoms with Gasteiger partial charge in [-0.05, 0) is 19.4 Å². The second kappa shape index (κ2) is 20.2. The fourth-order valence-corrected chi connectivity index (χ4v) is 2.21. The quantitative estimate of drug-likeness (QED) is 0.287. The molecule has 0 amide bonds. The molecule has 7 heteroatoms. The van der Waals surface area contributed by atoms with E-state index < -0.39 is 0 Å². The van der Waals surface area contributed by atoms with Crippen molar-refractivity contribution in [2.24, 2.45) is 0 Å². The Morgan fingerprint density at radius 2 is 0.897 bits per heavy atom. The molecule has 29 heavy (non-hydrogen) atoms. The number of ether oxygens (including phenoxy) is 7. The molecule has 0 saturated heterocycles. The summed E-state index contributed by atoms with van der Waals surface area (Å²) < 4.78 is 38.1. The zero-order chi connectivity index (χ0) is 20.8. The van der Waals surface area contributed by atoms with Crippen LogP contribution < -0.4 is 0 Å². The molecule has 0 N–H and O–H groups in total. The van der Waals surface area contributed by atoms with Gasteiger partial charge in [-0.25, -0.2) is 0 Å². The van der Waals surface area contributed by atoms with Gasteiger partial charge in [0.2, 0.25) is 0 Å². The molecule has 0 aliphatic heterocycles. The van der Waals surface area contributed by atoms with E-state index in [4.69, 9.17) is 33.2 Å². The molecule has 0 spiro atoms. The van der Waals surface area contributed by atoms with Gasteiger partial charge in [0.15, 0.2) is 0 Å². The van der Waals surface area contributed by atoms with Crippen LogP contribution in [-0.2, 0) is 39.8 Å². The summed E-state index contributed by atoms with van der Waals surface area (Å²) in [6, 6.07) is 10.1. The third-order valence-electron chi connectivity index (χ3n) is 3.65. The van der Waals surface area contributed by atoms with Crippen LogP contribution in [0, 0.1) is 0 Å². The van der Waals surface area contributed by atoms with Crippen molar-refractivity contribution < 1.29 is 33.2 Å². The molecule has 1 aromatic rings.